The number of pyridine rings is 2. The van der Waals surface area contributed by atoms with Crippen molar-refractivity contribution in [2.75, 3.05) is 7.11 Å². The number of nitrogens with zero attached hydrogens (tertiary/aromatic N) is 4. The van der Waals surface area contributed by atoms with Crippen LogP contribution in [-0.2, 0) is 0 Å². The lowest BCUT2D eigenvalue weighted by atomic mass is 9.80. The SMILES string of the molecule is COc1ccc(-c2nccc3c2nc(C)c(=O)n3C(C)C2CCC2)c(C)n1. The second-order valence-electron chi connectivity index (χ2n) is 7.32. The number of hydrogen-bond donors (Lipinski definition) is 0. The van der Waals surface area contributed by atoms with E-state index >= 15 is 0 Å². The molecule has 0 aromatic carbocycles. The van der Waals surface area contributed by atoms with Crippen LogP contribution in [0.15, 0.2) is 29.2 Å². The summed E-state index contributed by atoms with van der Waals surface area (Å²) in [5, 5.41) is 0. The molecule has 3 aromatic heterocycles. The Kier molecular flexibility index (Phi) is 4.42. The maximum atomic E-state index is 12.9. The van der Waals surface area contributed by atoms with E-state index in [2.05, 4.69) is 21.9 Å². The van der Waals surface area contributed by atoms with Crippen molar-refractivity contribution >= 4 is 11.0 Å². The van der Waals surface area contributed by atoms with Crippen LogP contribution < -0.4 is 10.3 Å². The summed E-state index contributed by atoms with van der Waals surface area (Å²) in [5.41, 5.74) is 4.54. The highest BCUT2D eigenvalue weighted by atomic mass is 16.5. The van der Waals surface area contributed by atoms with Crippen molar-refractivity contribution in [1.29, 1.82) is 0 Å². The summed E-state index contributed by atoms with van der Waals surface area (Å²) in [6.07, 6.45) is 5.35. The van der Waals surface area contributed by atoms with E-state index in [0.29, 0.717) is 17.5 Å². The molecule has 4 rings (SSSR count). The maximum absolute atomic E-state index is 12.9. The van der Waals surface area contributed by atoms with Crippen LogP contribution in [0.25, 0.3) is 22.3 Å². The largest absolute Gasteiger partial charge is 0.481 e. The molecule has 1 fully saturated rings. The molecule has 0 N–H and O–H groups in total. The molecule has 1 unspecified atom stereocenters. The monoisotopic (exact) mass is 364 g/mol. The van der Waals surface area contributed by atoms with Gasteiger partial charge in [-0.2, -0.15) is 0 Å². The summed E-state index contributed by atoms with van der Waals surface area (Å²) in [5.74, 6) is 1.12. The molecule has 3 heterocycles. The first-order valence-electron chi connectivity index (χ1n) is 9.41. The fourth-order valence-corrected chi connectivity index (χ4v) is 3.88. The highest BCUT2D eigenvalue weighted by Gasteiger charge is 2.28. The van der Waals surface area contributed by atoms with Crippen LogP contribution in [0.3, 0.4) is 0 Å². The smallest absolute Gasteiger partial charge is 0.272 e. The Morgan fingerprint density at radius 3 is 2.56 bits per heavy atom. The van der Waals surface area contributed by atoms with Crippen molar-refractivity contribution in [1.82, 2.24) is 19.5 Å². The topological polar surface area (TPSA) is 69.9 Å². The van der Waals surface area contributed by atoms with E-state index in [1.807, 2.05) is 29.7 Å². The number of ether oxygens (including phenoxy) is 1. The van der Waals surface area contributed by atoms with Gasteiger partial charge in [-0.15, -0.1) is 0 Å². The summed E-state index contributed by atoms with van der Waals surface area (Å²) in [6, 6.07) is 5.82. The van der Waals surface area contributed by atoms with E-state index in [-0.39, 0.29) is 11.6 Å². The van der Waals surface area contributed by atoms with Gasteiger partial charge in [0.15, 0.2) is 0 Å². The minimum Gasteiger partial charge on any atom is -0.481 e. The molecular weight excluding hydrogens is 340 g/mol. The molecule has 6 heteroatoms. The van der Waals surface area contributed by atoms with Gasteiger partial charge in [0.05, 0.1) is 24.0 Å². The van der Waals surface area contributed by atoms with Gasteiger partial charge in [-0.05, 0) is 51.7 Å². The minimum absolute atomic E-state index is 0.0105. The Hall–Kier alpha value is -2.76. The molecule has 0 radical (unpaired) electrons. The molecule has 0 spiro atoms. The number of fused-ring (bicyclic) bond motifs is 1. The molecule has 1 atom stereocenters. The van der Waals surface area contributed by atoms with Gasteiger partial charge >= 0.3 is 0 Å². The normalized spacial score (nSPS) is 15.6. The van der Waals surface area contributed by atoms with Gasteiger partial charge in [0.25, 0.3) is 5.56 Å². The van der Waals surface area contributed by atoms with Crippen LogP contribution in [0.4, 0.5) is 0 Å². The van der Waals surface area contributed by atoms with Gasteiger partial charge in [-0.3, -0.25) is 9.78 Å². The number of aromatic nitrogens is 4. The quantitative estimate of drug-likeness (QED) is 0.703. The third-order valence-corrected chi connectivity index (χ3v) is 5.73. The van der Waals surface area contributed by atoms with Crippen molar-refractivity contribution in [2.45, 2.75) is 46.1 Å². The van der Waals surface area contributed by atoms with Gasteiger partial charge < -0.3 is 9.30 Å². The molecule has 0 aliphatic heterocycles. The van der Waals surface area contributed by atoms with Crippen molar-refractivity contribution < 1.29 is 4.74 Å². The predicted molar refractivity (Wildman–Crippen MR) is 105 cm³/mol. The summed E-state index contributed by atoms with van der Waals surface area (Å²) >= 11 is 0. The Balaban J connectivity index is 1.96. The third kappa shape index (κ3) is 2.89. The average molecular weight is 364 g/mol. The van der Waals surface area contributed by atoms with Gasteiger partial charge in [-0.25, -0.2) is 9.97 Å². The van der Waals surface area contributed by atoms with E-state index in [0.717, 1.165) is 28.0 Å². The first-order chi connectivity index (χ1) is 13.0. The maximum Gasteiger partial charge on any atom is 0.272 e. The zero-order chi connectivity index (χ0) is 19.1. The van der Waals surface area contributed by atoms with Crippen molar-refractivity contribution in [3.05, 3.63) is 46.1 Å². The van der Waals surface area contributed by atoms with Crippen LogP contribution in [0.2, 0.25) is 0 Å². The molecule has 0 saturated heterocycles. The van der Waals surface area contributed by atoms with Crippen LogP contribution in [0.1, 0.15) is 43.6 Å². The number of hydrogen-bond acceptors (Lipinski definition) is 5. The second kappa shape index (κ2) is 6.76. The Bertz CT molecular complexity index is 1070. The van der Waals surface area contributed by atoms with E-state index in [4.69, 9.17) is 4.74 Å². The second-order valence-corrected chi connectivity index (χ2v) is 7.32. The summed E-state index contributed by atoms with van der Waals surface area (Å²) in [6.45, 7) is 5.85. The van der Waals surface area contributed by atoms with Crippen LogP contribution >= 0.6 is 0 Å². The fraction of sp³-hybridized carbons (Fsp3) is 0.429. The third-order valence-electron chi connectivity index (χ3n) is 5.73. The van der Waals surface area contributed by atoms with E-state index in [9.17, 15) is 4.79 Å². The molecule has 1 aliphatic carbocycles. The highest BCUT2D eigenvalue weighted by molar-refractivity contribution is 5.90. The summed E-state index contributed by atoms with van der Waals surface area (Å²) < 4.78 is 7.13. The number of methoxy groups -OCH3 is 1. The minimum atomic E-state index is -0.0105. The Morgan fingerprint density at radius 1 is 1.15 bits per heavy atom. The average Bonchev–Trinajstić information content (AvgIpc) is 2.61. The lowest BCUT2D eigenvalue weighted by Crippen LogP contribution is -2.33. The number of rotatable bonds is 4. The van der Waals surface area contributed by atoms with E-state index in [1.54, 1.807) is 20.2 Å². The molecular formula is C21H24N4O2. The fourth-order valence-electron chi connectivity index (χ4n) is 3.88. The predicted octanol–water partition coefficient (Wildman–Crippen LogP) is 3.84. The molecule has 6 nitrogen and oxygen atoms in total. The standard InChI is InChI=1S/C21H24N4O2/c1-12-16(8-9-18(23-12)27-4)19-20-17(10-11-22-19)25(21(26)13(2)24-20)14(3)15-6-5-7-15/h8-11,14-15H,5-7H2,1-4H3. The van der Waals surface area contributed by atoms with Gasteiger partial charge in [0, 0.05) is 23.9 Å². The van der Waals surface area contributed by atoms with Gasteiger partial charge in [0.1, 0.15) is 11.2 Å². The molecule has 140 valence electrons. The van der Waals surface area contributed by atoms with Gasteiger partial charge in [-0.1, -0.05) is 6.42 Å². The lowest BCUT2D eigenvalue weighted by molar-refractivity contribution is 0.222. The molecule has 27 heavy (non-hydrogen) atoms. The van der Waals surface area contributed by atoms with E-state index < -0.39 is 0 Å². The number of aryl methyl sites for hydroxylation is 2. The Morgan fingerprint density at radius 2 is 1.93 bits per heavy atom. The van der Waals surface area contributed by atoms with Crippen molar-refractivity contribution in [3.63, 3.8) is 0 Å². The molecule has 1 aliphatic rings. The Labute approximate surface area is 158 Å². The summed E-state index contributed by atoms with van der Waals surface area (Å²) in [7, 11) is 1.60. The van der Waals surface area contributed by atoms with E-state index in [1.165, 1.54) is 19.3 Å². The van der Waals surface area contributed by atoms with Crippen LogP contribution in [0, 0.1) is 19.8 Å². The zero-order valence-corrected chi connectivity index (χ0v) is 16.2. The van der Waals surface area contributed by atoms with Crippen molar-refractivity contribution in [3.8, 4) is 17.1 Å². The summed E-state index contributed by atoms with van der Waals surface area (Å²) in [4.78, 5) is 26.6. The first-order valence-corrected chi connectivity index (χ1v) is 9.41. The van der Waals surface area contributed by atoms with Crippen molar-refractivity contribution in [2.24, 2.45) is 5.92 Å². The zero-order valence-electron chi connectivity index (χ0n) is 16.2. The van der Waals surface area contributed by atoms with Gasteiger partial charge in [0.2, 0.25) is 5.88 Å². The van der Waals surface area contributed by atoms with Crippen LogP contribution in [-0.4, -0.2) is 26.6 Å². The molecule has 1 saturated carbocycles. The molecule has 0 bridgehead atoms. The first kappa shape index (κ1) is 17.6. The molecule has 3 aromatic rings. The van der Waals surface area contributed by atoms with Crippen LogP contribution in [0.5, 0.6) is 5.88 Å². The lowest BCUT2D eigenvalue weighted by Gasteiger charge is -2.33. The molecule has 0 amide bonds. The highest BCUT2D eigenvalue weighted by Crippen LogP contribution is 2.37.